The van der Waals surface area contributed by atoms with E-state index < -0.39 is 10.0 Å². The molecule has 0 aliphatic carbocycles. The van der Waals surface area contributed by atoms with Crippen molar-refractivity contribution in [1.29, 1.82) is 0 Å². The predicted octanol–water partition coefficient (Wildman–Crippen LogP) is 0.105. The molecule has 2 aliphatic heterocycles. The van der Waals surface area contributed by atoms with E-state index in [1.54, 1.807) is 10.5 Å². The molecular formula is C13H19N3O2S. The first-order chi connectivity index (χ1) is 9.15. The molecule has 6 heteroatoms. The molecule has 0 spiro atoms. The molecule has 0 amide bonds. The lowest BCUT2D eigenvalue weighted by molar-refractivity contribution is 0.447. The maximum atomic E-state index is 12.3. The van der Waals surface area contributed by atoms with Crippen LogP contribution in [0.4, 0.5) is 0 Å². The van der Waals surface area contributed by atoms with Crippen LogP contribution in [0.5, 0.6) is 0 Å². The molecule has 2 fully saturated rings. The van der Waals surface area contributed by atoms with Gasteiger partial charge in [-0.05, 0) is 37.1 Å². The molecule has 0 saturated carbocycles. The normalized spacial score (nSPS) is 27.6. The number of aryl methyl sites for hydroxylation is 1. The van der Waals surface area contributed by atoms with E-state index in [-0.39, 0.29) is 5.75 Å². The summed E-state index contributed by atoms with van der Waals surface area (Å²) in [5.74, 6) is 1.17. The molecule has 2 aliphatic rings. The number of rotatable bonds is 4. The molecule has 3 heterocycles. The number of pyridine rings is 1. The lowest BCUT2D eigenvalue weighted by Crippen LogP contribution is -2.34. The van der Waals surface area contributed by atoms with Crippen LogP contribution in [0.25, 0.3) is 0 Å². The van der Waals surface area contributed by atoms with E-state index in [0.717, 1.165) is 18.8 Å². The first-order valence-electron chi connectivity index (χ1n) is 6.73. The average molecular weight is 281 g/mol. The Kier molecular flexibility index (Phi) is 3.56. The van der Waals surface area contributed by atoms with Crippen molar-refractivity contribution in [2.75, 3.05) is 31.9 Å². The van der Waals surface area contributed by atoms with E-state index in [1.165, 1.54) is 0 Å². The highest BCUT2D eigenvalue weighted by Gasteiger charge is 2.40. The van der Waals surface area contributed by atoms with Gasteiger partial charge < -0.3 is 5.32 Å². The van der Waals surface area contributed by atoms with Gasteiger partial charge in [-0.25, -0.2) is 12.7 Å². The molecule has 2 unspecified atom stereocenters. The van der Waals surface area contributed by atoms with Gasteiger partial charge >= 0.3 is 0 Å². The molecule has 0 bridgehead atoms. The minimum absolute atomic E-state index is 0.164. The second kappa shape index (κ2) is 5.19. The zero-order valence-corrected chi connectivity index (χ0v) is 11.6. The number of sulfonamides is 1. The smallest absolute Gasteiger partial charge is 0.214 e. The molecule has 1 aromatic rings. The number of nitrogens with one attached hydrogen (secondary N) is 1. The van der Waals surface area contributed by atoms with Gasteiger partial charge in [0.05, 0.1) is 5.75 Å². The van der Waals surface area contributed by atoms with Crippen molar-refractivity contribution in [3.8, 4) is 0 Å². The summed E-state index contributed by atoms with van der Waals surface area (Å²) in [6, 6.07) is 5.60. The van der Waals surface area contributed by atoms with E-state index in [0.29, 0.717) is 31.3 Å². The van der Waals surface area contributed by atoms with E-state index in [2.05, 4.69) is 10.3 Å². The molecule has 2 atom stereocenters. The van der Waals surface area contributed by atoms with Crippen LogP contribution >= 0.6 is 0 Å². The SMILES string of the molecule is O=S(=O)(CCc1ccccn1)N1CC2CNCC2C1. The zero-order chi connectivity index (χ0) is 13.3. The number of aromatic nitrogens is 1. The fraction of sp³-hybridized carbons (Fsp3) is 0.615. The Balaban J connectivity index is 1.61. The maximum Gasteiger partial charge on any atom is 0.214 e. The zero-order valence-electron chi connectivity index (χ0n) is 10.8. The summed E-state index contributed by atoms with van der Waals surface area (Å²) < 4.78 is 26.3. The van der Waals surface area contributed by atoms with E-state index >= 15 is 0 Å². The Hall–Kier alpha value is -0.980. The molecule has 5 nitrogen and oxygen atoms in total. The number of hydrogen-bond acceptors (Lipinski definition) is 4. The van der Waals surface area contributed by atoms with Gasteiger partial charge in [-0.3, -0.25) is 4.98 Å². The number of fused-ring (bicyclic) bond motifs is 1. The quantitative estimate of drug-likeness (QED) is 0.850. The highest BCUT2D eigenvalue weighted by Crippen LogP contribution is 2.28. The molecular weight excluding hydrogens is 262 g/mol. The fourth-order valence-electron chi connectivity index (χ4n) is 2.95. The van der Waals surface area contributed by atoms with Crippen molar-refractivity contribution >= 4 is 10.0 Å². The number of hydrogen-bond donors (Lipinski definition) is 1. The van der Waals surface area contributed by atoms with Crippen molar-refractivity contribution in [2.45, 2.75) is 6.42 Å². The summed E-state index contributed by atoms with van der Waals surface area (Å²) in [7, 11) is -3.13. The Labute approximate surface area is 114 Å². The Morgan fingerprint density at radius 3 is 2.63 bits per heavy atom. The van der Waals surface area contributed by atoms with Crippen molar-refractivity contribution in [3.63, 3.8) is 0 Å². The second-order valence-corrected chi connectivity index (χ2v) is 7.47. The Morgan fingerprint density at radius 2 is 2.00 bits per heavy atom. The van der Waals surface area contributed by atoms with Crippen molar-refractivity contribution < 1.29 is 8.42 Å². The van der Waals surface area contributed by atoms with Crippen LogP contribution in [0.1, 0.15) is 5.69 Å². The summed E-state index contributed by atoms with van der Waals surface area (Å²) in [4.78, 5) is 4.17. The molecule has 1 N–H and O–H groups in total. The third-order valence-electron chi connectivity index (χ3n) is 4.09. The summed E-state index contributed by atoms with van der Waals surface area (Å²) in [5, 5.41) is 3.32. The summed E-state index contributed by atoms with van der Waals surface area (Å²) >= 11 is 0. The third kappa shape index (κ3) is 2.80. The van der Waals surface area contributed by atoms with E-state index in [4.69, 9.17) is 0 Å². The molecule has 0 radical (unpaired) electrons. The lowest BCUT2D eigenvalue weighted by atomic mass is 10.0. The summed E-state index contributed by atoms with van der Waals surface area (Å²) in [6.07, 6.45) is 2.20. The largest absolute Gasteiger partial charge is 0.316 e. The average Bonchev–Trinajstić information content (AvgIpc) is 2.99. The molecule has 2 saturated heterocycles. The van der Waals surface area contributed by atoms with E-state index in [1.807, 2.05) is 18.2 Å². The van der Waals surface area contributed by atoms with E-state index in [9.17, 15) is 8.42 Å². The first kappa shape index (κ1) is 13.0. The van der Waals surface area contributed by atoms with Crippen LogP contribution < -0.4 is 5.32 Å². The highest BCUT2D eigenvalue weighted by atomic mass is 32.2. The van der Waals surface area contributed by atoms with Crippen molar-refractivity contribution in [2.24, 2.45) is 11.8 Å². The molecule has 1 aromatic heterocycles. The first-order valence-corrected chi connectivity index (χ1v) is 8.34. The van der Waals surface area contributed by atoms with Crippen LogP contribution in [0, 0.1) is 11.8 Å². The molecule has 0 aromatic carbocycles. The monoisotopic (exact) mass is 281 g/mol. The standard InChI is InChI=1S/C13H19N3O2S/c17-19(18,6-4-13-3-1-2-5-15-13)16-9-11-7-14-8-12(11)10-16/h1-3,5,11-12,14H,4,6-10H2. The van der Waals surface area contributed by atoms with Crippen LogP contribution in [0.2, 0.25) is 0 Å². The van der Waals surface area contributed by atoms with Crippen molar-refractivity contribution in [1.82, 2.24) is 14.6 Å². The Bertz CT molecular complexity index is 520. The van der Waals surface area contributed by atoms with Gasteiger partial charge in [-0.2, -0.15) is 0 Å². The molecule has 3 rings (SSSR count). The number of nitrogens with zero attached hydrogens (tertiary/aromatic N) is 2. The second-order valence-electron chi connectivity index (χ2n) is 5.38. The van der Waals surface area contributed by atoms with Gasteiger partial charge in [0.25, 0.3) is 0 Å². The van der Waals surface area contributed by atoms with Crippen LogP contribution in [-0.2, 0) is 16.4 Å². The van der Waals surface area contributed by atoms with Gasteiger partial charge in [-0.1, -0.05) is 6.07 Å². The highest BCUT2D eigenvalue weighted by molar-refractivity contribution is 7.89. The van der Waals surface area contributed by atoms with Crippen LogP contribution in [0.3, 0.4) is 0 Å². The minimum Gasteiger partial charge on any atom is -0.316 e. The van der Waals surface area contributed by atoms with Gasteiger partial charge in [0.1, 0.15) is 0 Å². The predicted molar refractivity (Wildman–Crippen MR) is 73.2 cm³/mol. The fourth-order valence-corrected chi connectivity index (χ4v) is 4.51. The van der Waals surface area contributed by atoms with Crippen LogP contribution in [-0.4, -0.2) is 49.6 Å². The summed E-state index contributed by atoms with van der Waals surface area (Å²) in [6.45, 7) is 3.28. The minimum atomic E-state index is -3.13. The third-order valence-corrected chi connectivity index (χ3v) is 5.90. The van der Waals surface area contributed by atoms with Gasteiger partial charge in [-0.15, -0.1) is 0 Å². The van der Waals surface area contributed by atoms with Gasteiger partial charge in [0, 0.05) is 31.4 Å². The Morgan fingerprint density at radius 1 is 1.26 bits per heavy atom. The summed E-state index contributed by atoms with van der Waals surface area (Å²) in [5.41, 5.74) is 0.840. The van der Waals surface area contributed by atoms with Crippen molar-refractivity contribution in [3.05, 3.63) is 30.1 Å². The lowest BCUT2D eigenvalue weighted by Gasteiger charge is -2.17. The van der Waals surface area contributed by atoms with Gasteiger partial charge in [0.15, 0.2) is 0 Å². The maximum absolute atomic E-state index is 12.3. The molecule has 104 valence electrons. The molecule has 19 heavy (non-hydrogen) atoms. The van der Waals surface area contributed by atoms with Gasteiger partial charge in [0.2, 0.25) is 10.0 Å². The van der Waals surface area contributed by atoms with Crippen LogP contribution in [0.15, 0.2) is 24.4 Å². The topological polar surface area (TPSA) is 62.3 Å².